The number of amides is 1. The summed E-state index contributed by atoms with van der Waals surface area (Å²) in [6.45, 7) is 4.92. The summed E-state index contributed by atoms with van der Waals surface area (Å²) < 4.78 is 7.80. The van der Waals surface area contributed by atoms with Gasteiger partial charge in [0.15, 0.2) is 5.65 Å². The van der Waals surface area contributed by atoms with Crippen LogP contribution in [0.4, 0.5) is 11.6 Å². The summed E-state index contributed by atoms with van der Waals surface area (Å²) in [7, 11) is 1.65. The molecule has 1 amide bonds. The van der Waals surface area contributed by atoms with Gasteiger partial charge in [0, 0.05) is 38.8 Å². The highest BCUT2D eigenvalue weighted by molar-refractivity contribution is 9.10. The minimum atomic E-state index is 0.0441. The van der Waals surface area contributed by atoms with Crippen LogP contribution in [-0.4, -0.2) is 65.0 Å². The first kappa shape index (κ1) is 24.9. The maximum Gasteiger partial charge on any atom is 0.224 e. The Morgan fingerprint density at radius 1 is 1.34 bits per heavy atom. The van der Waals surface area contributed by atoms with Crippen molar-refractivity contribution in [1.29, 1.82) is 5.26 Å². The summed E-state index contributed by atoms with van der Waals surface area (Å²) in [6, 6.07) is 8.22. The van der Waals surface area contributed by atoms with Crippen LogP contribution in [-0.2, 0) is 9.53 Å². The van der Waals surface area contributed by atoms with E-state index in [4.69, 9.17) is 9.72 Å². The molecule has 0 radical (unpaired) electrons. The first-order valence-corrected chi connectivity index (χ1v) is 12.6. The molecule has 10 nitrogen and oxygen atoms in total. The average molecular weight is 541 g/mol. The number of carbonyl (C=O) groups excluding carboxylic acids is 1. The predicted octanol–water partition coefficient (Wildman–Crippen LogP) is 3.39. The van der Waals surface area contributed by atoms with E-state index >= 15 is 0 Å². The number of hydrogen-bond donors (Lipinski definition) is 2. The van der Waals surface area contributed by atoms with Crippen molar-refractivity contribution in [3.05, 3.63) is 34.6 Å². The number of morpholine rings is 1. The van der Waals surface area contributed by atoms with E-state index in [1.54, 1.807) is 17.9 Å². The van der Waals surface area contributed by atoms with E-state index in [1.807, 2.05) is 18.2 Å². The lowest BCUT2D eigenvalue weighted by Gasteiger charge is -2.29. The van der Waals surface area contributed by atoms with Gasteiger partial charge < -0.3 is 20.3 Å². The Kier molecular flexibility index (Phi) is 8.15. The van der Waals surface area contributed by atoms with E-state index in [2.05, 4.69) is 54.5 Å². The Morgan fingerprint density at radius 3 is 2.86 bits per heavy atom. The molecular weight excluding hydrogens is 512 g/mol. The highest BCUT2D eigenvalue weighted by Gasteiger charge is 2.19. The molecule has 2 aromatic heterocycles. The van der Waals surface area contributed by atoms with Crippen LogP contribution in [0.2, 0.25) is 0 Å². The average Bonchev–Trinajstić information content (AvgIpc) is 3.23. The number of nitriles is 1. The zero-order valence-corrected chi connectivity index (χ0v) is 21.5. The molecule has 4 rings (SSSR count). The zero-order valence-electron chi connectivity index (χ0n) is 19.9. The molecule has 2 N–H and O–H groups in total. The number of anilines is 2. The molecule has 0 spiro atoms. The van der Waals surface area contributed by atoms with Gasteiger partial charge in [-0.3, -0.25) is 4.79 Å². The lowest BCUT2D eigenvalue weighted by Crippen LogP contribution is -2.36. The minimum Gasteiger partial charge on any atom is -0.378 e. The highest BCUT2D eigenvalue weighted by atomic mass is 79.9. The summed E-state index contributed by atoms with van der Waals surface area (Å²) in [4.78, 5) is 22.9. The van der Waals surface area contributed by atoms with Crippen LogP contribution in [0.5, 0.6) is 0 Å². The van der Waals surface area contributed by atoms with Crippen molar-refractivity contribution >= 4 is 44.5 Å². The number of halogens is 1. The summed E-state index contributed by atoms with van der Waals surface area (Å²) in [6.07, 6.45) is 4.73. The molecule has 1 aromatic carbocycles. The number of hydrogen-bond acceptors (Lipinski definition) is 8. The normalized spacial score (nSPS) is 14.5. The third-order valence-electron chi connectivity index (χ3n) is 6.14. The van der Waals surface area contributed by atoms with Crippen LogP contribution < -0.4 is 15.5 Å². The van der Waals surface area contributed by atoms with E-state index < -0.39 is 0 Å². The molecule has 11 heteroatoms. The topological polar surface area (TPSA) is 121 Å². The molecule has 1 atom stereocenters. The number of aromatic nitrogens is 4. The second-order valence-electron chi connectivity index (χ2n) is 8.36. The fraction of sp³-hybridized carbons (Fsp3) is 0.458. The lowest BCUT2D eigenvalue weighted by molar-refractivity contribution is -0.120. The molecule has 3 heterocycles. The smallest absolute Gasteiger partial charge is 0.224 e. The third-order valence-corrected chi connectivity index (χ3v) is 6.72. The lowest BCUT2D eigenvalue weighted by atomic mass is 10.1. The van der Waals surface area contributed by atoms with Crippen LogP contribution in [0, 0.1) is 11.3 Å². The van der Waals surface area contributed by atoms with Gasteiger partial charge in [-0.2, -0.15) is 15.3 Å². The van der Waals surface area contributed by atoms with Gasteiger partial charge in [-0.25, -0.2) is 9.67 Å². The van der Waals surface area contributed by atoms with Gasteiger partial charge >= 0.3 is 0 Å². The standard InChI is InChI=1S/C24H29BrN8O2/c1-3-17(5-4-6-21(34)27-2)29-24-28-15-19-22(25)31-33(23(19)30-24)18-7-8-20(16(13-18)14-26)32-9-11-35-12-10-32/h7-8,13,15,17H,3-6,9-12H2,1-2H3,(H,27,34)(H,28,29,30)/t17-/m0/s1. The molecule has 1 aliphatic heterocycles. The molecule has 184 valence electrons. The van der Waals surface area contributed by atoms with Crippen molar-refractivity contribution in [2.75, 3.05) is 43.6 Å². The molecule has 1 aliphatic rings. The van der Waals surface area contributed by atoms with Crippen LogP contribution in [0.25, 0.3) is 16.7 Å². The van der Waals surface area contributed by atoms with Gasteiger partial charge in [0.25, 0.3) is 0 Å². The van der Waals surface area contributed by atoms with Crippen LogP contribution >= 0.6 is 15.9 Å². The monoisotopic (exact) mass is 540 g/mol. The van der Waals surface area contributed by atoms with Gasteiger partial charge in [-0.15, -0.1) is 0 Å². The fourth-order valence-corrected chi connectivity index (χ4v) is 4.58. The van der Waals surface area contributed by atoms with Crippen molar-refractivity contribution in [1.82, 2.24) is 25.1 Å². The predicted molar refractivity (Wildman–Crippen MR) is 138 cm³/mol. The highest BCUT2D eigenvalue weighted by Crippen LogP contribution is 2.28. The van der Waals surface area contributed by atoms with Crippen molar-refractivity contribution in [2.24, 2.45) is 0 Å². The number of carbonyl (C=O) groups is 1. The van der Waals surface area contributed by atoms with Crippen molar-refractivity contribution in [3.8, 4) is 11.8 Å². The maximum atomic E-state index is 11.5. The molecular formula is C24H29BrN8O2. The van der Waals surface area contributed by atoms with Crippen LogP contribution in [0.3, 0.4) is 0 Å². The molecule has 0 aliphatic carbocycles. The molecule has 1 saturated heterocycles. The fourth-order valence-electron chi connectivity index (χ4n) is 4.14. The molecule has 3 aromatic rings. The first-order valence-electron chi connectivity index (χ1n) is 11.8. The van der Waals surface area contributed by atoms with Crippen molar-refractivity contribution < 1.29 is 9.53 Å². The van der Waals surface area contributed by atoms with E-state index in [0.717, 1.165) is 49.1 Å². The Morgan fingerprint density at radius 2 is 2.14 bits per heavy atom. The number of nitrogens with zero attached hydrogens (tertiary/aromatic N) is 6. The number of benzene rings is 1. The number of rotatable bonds is 9. The third kappa shape index (κ3) is 5.71. The summed E-state index contributed by atoms with van der Waals surface area (Å²) >= 11 is 3.51. The largest absolute Gasteiger partial charge is 0.378 e. The molecule has 0 unspecified atom stereocenters. The summed E-state index contributed by atoms with van der Waals surface area (Å²) in [5, 5.41) is 21.3. The second kappa shape index (κ2) is 11.5. The van der Waals surface area contributed by atoms with Gasteiger partial charge in [0.2, 0.25) is 11.9 Å². The van der Waals surface area contributed by atoms with Crippen molar-refractivity contribution in [3.63, 3.8) is 0 Å². The minimum absolute atomic E-state index is 0.0441. The zero-order chi connectivity index (χ0) is 24.8. The van der Waals surface area contributed by atoms with Gasteiger partial charge in [0.05, 0.1) is 35.5 Å². The van der Waals surface area contributed by atoms with E-state index in [9.17, 15) is 10.1 Å². The van der Waals surface area contributed by atoms with E-state index in [0.29, 0.717) is 41.4 Å². The molecule has 0 bridgehead atoms. The maximum absolute atomic E-state index is 11.5. The summed E-state index contributed by atoms with van der Waals surface area (Å²) in [5.41, 5.74) is 2.86. The Bertz CT molecular complexity index is 1230. The first-order chi connectivity index (χ1) is 17.0. The second-order valence-corrected chi connectivity index (χ2v) is 9.11. The Hall–Kier alpha value is -3.23. The van der Waals surface area contributed by atoms with Crippen LogP contribution in [0.15, 0.2) is 29.0 Å². The molecule has 0 saturated carbocycles. The van der Waals surface area contributed by atoms with Gasteiger partial charge in [-0.05, 0) is 53.4 Å². The van der Waals surface area contributed by atoms with Gasteiger partial charge in [-0.1, -0.05) is 6.92 Å². The van der Waals surface area contributed by atoms with E-state index in [1.165, 1.54) is 0 Å². The quantitative estimate of drug-likeness (QED) is 0.423. The Balaban J connectivity index is 1.59. The molecule has 1 fully saturated rings. The van der Waals surface area contributed by atoms with E-state index in [-0.39, 0.29) is 11.9 Å². The van der Waals surface area contributed by atoms with Crippen molar-refractivity contribution in [2.45, 2.75) is 38.6 Å². The number of ether oxygens (including phenoxy) is 1. The number of nitrogens with one attached hydrogen (secondary N) is 2. The van der Waals surface area contributed by atoms with Gasteiger partial charge in [0.1, 0.15) is 10.7 Å². The summed E-state index contributed by atoms with van der Waals surface area (Å²) in [5.74, 6) is 0.547. The Labute approximate surface area is 212 Å². The SMILES string of the molecule is CC[C@@H](CCCC(=O)NC)Nc1ncc2c(Br)nn(-c3ccc(N4CCOCC4)c(C#N)c3)c2n1. The number of fused-ring (bicyclic) bond motifs is 1. The van der Waals surface area contributed by atoms with Crippen LogP contribution in [0.1, 0.15) is 38.2 Å². The molecule has 35 heavy (non-hydrogen) atoms.